The summed E-state index contributed by atoms with van der Waals surface area (Å²) in [4.78, 5) is 12.1. The highest BCUT2D eigenvalue weighted by Crippen LogP contribution is 2.44. The molecule has 0 fully saturated rings. The number of thioether (sulfide) groups is 1. The fraction of sp³-hybridized carbons (Fsp3) is 0.462. The first-order valence-electron chi connectivity index (χ1n) is 5.80. The van der Waals surface area contributed by atoms with Crippen molar-refractivity contribution in [1.82, 2.24) is 0 Å². The third-order valence-corrected chi connectivity index (χ3v) is 5.11. The Bertz CT molecular complexity index is 479. The maximum Gasteiger partial charge on any atom is 0.319 e. The molecule has 1 unspecified atom stereocenters. The molecule has 0 spiro atoms. The molecule has 3 nitrogen and oxygen atoms in total. The topological polar surface area (TPSA) is 46.5 Å². The van der Waals surface area contributed by atoms with E-state index in [-0.39, 0.29) is 0 Å². The smallest absolute Gasteiger partial charge is 0.319 e. The average molecular weight is 323 g/mol. The second-order valence-electron chi connectivity index (χ2n) is 4.28. The van der Waals surface area contributed by atoms with Gasteiger partial charge in [-0.3, -0.25) is 4.79 Å². The summed E-state index contributed by atoms with van der Waals surface area (Å²) in [7, 11) is 1.50. The van der Waals surface area contributed by atoms with Crippen LogP contribution in [0.15, 0.2) is 17.0 Å². The number of rotatable bonds is 6. The predicted molar refractivity (Wildman–Crippen MR) is 79.8 cm³/mol. The standard InChI is InChI=1S/C13H16Cl2O3S/c1-4-7-13(2,12(16)17)19-9-6-5-8(18-3)10(14)11(9)15/h5-6H,4,7H2,1-3H3,(H,16,17). The van der Waals surface area contributed by atoms with Gasteiger partial charge in [-0.25, -0.2) is 0 Å². The largest absolute Gasteiger partial charge is 0.495 e. The van der Waals surface area contributed by atoms with Gasteiger partial charge in [0.15, 0.2) is 0 Å². The van der Waals surface area contributed by atoms with Crippen LogP contribution in [-0.2, 0) is 4.79 Å². The zero-order valence-electron chi connectivity index (χ0n) is 11.0. The van der Waals surface area contributed by atoms with Crippen molar-refractivity contribution in [3.05, 3.63) is 22.2 Å². The van der Waals surface area contributed by atoms with Crippen LogP contribution in [0.2, 0.25) is 10.0 Å². The summed E-state index contributed by atoms with van der Waals surface area (Å²) in [5.74, 6) is -0.383. The minimum absolute atomic E-state index is 0.304. The van der Waals surface area contributed by atoms with E-state index in [9.17, 15) is 9.90 Å². The van der Waals surface area contributed by atoms with Crippen LogP contribution in [0.1, 0.15) is 26.7 Å². The maximum absolute atomic E-state index is 11.4. The number of ether oxygens (including phenoxy) is 1. The van der Waals surface area contributed by atoms with Gasteiger partial charge in [0.05, 0.1) is 12.1 Å². The van der Waals surface area contributed by atoms with E-state index in [1.165, 1.54) is 18.9 Å². The molecule has 1 N–H and O–H groups in total. The molecule has 0 saturated carbocycles. The van der Waals surface area contributed by atoms with Crippen LogP contribution in [0, 0.1) is 0 Å². The van der Waals surface area contributed by atoms with Gasteiger partial charge in [-0.05, 0) is 25.5 Å². The van der Waals surface area contributed by atoms with Crippen molar-refractivity contribution in [3.63, 3.8) is 0 Å². The summed E-state index contributed by atoms with van der Waals surface area (Å²) >= 11 is 13.4. The number of carboxylic acid groups (broad SMARTS) is 1. The molecule has 0 aliphatic carbocycles. The van der Waals surface area contributed by atoms with Crippen LogP contribution in [0.4, 0.5) is 0 Å². The quantitative estimate of drug-likeness (QED) is 0.768. The molecule has 1 atom stereocenters. The first-order chi connectivity index (χ1) is 8.85. The zero-order valence-corrected chi connectivity index (χ0v) is 13.3. The number of aliphatic carboxylic acids is 1. The van der Waals surface area contributed by atoms with Crippen LogP contribution in [0.25, 0.3) is 0 Å². The molecule has 19 heavy (non-hydrogen) atoms. The Labute approximate surface area is 127 Å². The number of carbonyl (C=O) groups is 1. The van der Waals surface area contributed by atoms with Gasteiger partial charge in [-0.2, -0.15) is 0 Å². The van der Waals surface area contributed by atoms with Crippen molar-refractivity contribution in [1.29, 1.82) is 0 Å². The molecule has 1 aromatic carbocycles. The van der Waals surface area contributed by atoms with Crippen LogP contribution >= 0.6 is 35.0 Å². The van der Waals surface area contributed by atoms with Crippen LogP contribution in [0.5, 0.6) is 5.75 Å². The first kappa shape index (κ1) is 16.5. The summed E-state index contributed by atoms with van der Waals surface area (Å²) in [5.41, 5.74) is 0. The summed E-state index contributed by atoms with van der Waals surface area (Å²) in [5, 5.41) is 10.00. The first-order valence-corrected chi connectivity index (χ1v) is 7.37. The molecule has 0 radical (unpaired) electrons. The van der Waals surface area contributed by atoms with Gasteiger partial charge in [0.1, 0.15) is 15.5 Å². The van der Waals surface area contributed by atoms with Gasteiger partial charge in [-0.15, -0.1) is 11.8 Å². The van der Waals surface area contributed by atoms with Gasteiger partial charge in [0.2, 0.25) is 0 Å². The Kier molecular flexibility index (Phi) is 5.83. The van der Waals surface area contributed by atoms with E-state index in [1.54, 1.807) is 19.1 Å². The van der Waals surface area contributed by atoms with Crippen molar-refractivity contribution in [2.45, 2.75) is 36.3 Å². The average Bonchev–Trinajstić information content (AvgIpc) is 2.35. The van der Waals surface area contributed by atoms with Crippen LogP contribution < -0.4 is 4.74 Å². The van der Waals surface area contributed by atoms with Crippen molar-refractivity contribution >= 4 is 40.9 Å². The Hall–Kier alpha value is -0.580. The van der Waals surface area contributed by atoms with Crippen LogP contribution in [0.3, 0.4) is 0 Å². The molecular weight excluding hydrogens is 307 g/mol. The van der Waals surface area contributed by atoms with E-state index in [0.717, 1.165) is 6.42 Å². The molecule has 0 bridgehead atoms. The molecule has 1 rings (SSSR count). The molecule has 0 saturated heterocycles. The minimum Gasteiger partial charge on any atom is -0.495 e. The Balaban J connectivity index is 3.11. The number of carboxylic acids is 1. The van der Waals surface area contributed by atoms with E-state index in [2.05, 4.69) is 0 Å². The Morgan fingerprint density at radius 1 is 1.42 bits per heavy atom. The number of hydrogen-bond acceptors (Lipinski definition) is 3. The van der Waals surface area contributed by atoms with E-state index in [1.807, 2.05) is 6.92 Å². The molecule has 0 aliphatic heterocycles. The number of hydrogen-bond donors (Lipinski definition) is 1. The van der Waals surface area contributed by atoms with Crippen molar-refractivity contribution < 1.29 is 14.6 Å². The fourth-order valence-electron chi connectivity index (χ4n) is 1.67. The van der Waals surface area contributed by atoms with Gasteiger partial charge >= 0.3 is 5.97 Å². The highest BCUT2D eigenvalue weighted by atomic mass is 35.5. The van der Waals surface area contributed by atoms with Gasteiger partial charge in [0, 0.05) is 4.90 Å². The lowest BCUT2D eigenvalue weighted by Gasteiger charge is -2.24. The monoisotopic (exact) mass is 322 g/mol. The molecule has 106 valence electrons. The van der Waals surface area contributed by atoms with E-state index < -0.39 is 10.7 Å². The molecule has 0 heterocycles. The third kappa shape index (κ3) is 3.71. The maximum atomic E-state index is 11.4. The molecule has 0 amide bonds. The normalized spacial score (nSPS) is 13.9. The Morgan fingerprint density at radius 3 is 2.53 bits per heavy atom. The molecule has 0 aromatic heterocycles. The van der Waals surface area contributed by atoms with Crippen molar-refractivity contribution in [2.24, 2.45) is 0 Å². The number of methoxy groups -OCH3 is 1. The van der Waals surface area contributed by atoms with Crippen molar-refractivity contribution in [2.75, 3.05) is 7.11 Å². The molecule has 1 aromatic rings. The van der Waals surface area contributed by atoms with E-state index in [4.69, 9.17) is 27.9 Å². The van der Waals surface area contributed by atoms with Gasteiger partial charge in [0.25, 0.3) is 0 Å². The number of halogens is 2. The van der Waals surface area contributed by atoms with Crippen molar-refractivity contribution in [3.8, 4) is 5.75 Å². The third-order valence-electron chi connectivity index (χ3n) is 2.75. The van der Waals surface area contributed by atoms with Crippen LogP contribution in [-0.4, -0.2) is 22.9 Å². The second kappa shape index (κ2) is 6.73. The second-order valence-corrected chi connectivity index (χ2v) is 6.58. The lowest BCUT2D eigenvalue weighted by atomic mass is 10.1. The summed E-state index contributed by atoms with van der Waals surface area (Å²) in [6.45, 7) is 3.64. The highest BCUT2D eigenvalue weighted by molar-refractivity contribution is 8.01. The molecule has 6 heteroatoms. The Morgan fingerprint density at radius 2 is 2.05 bits per heavy atom. The lowest BCUT2D eigenvalue weighted by molar-refractivity contribution is -0.139. The van der Waals surface area contributed by atoms with Gasteiger partial charge < -0.3 is 9.84 Å². The lowest BCUT2D eigenvalue weighted by Crippen LogP contribution is -2.31. The minimum atomic E-state index is -0.920. The summed E-state index contributed by atoms with van der Waals surface area (Å²) in [6.07, 6.45) is 1.32. The summed E-state index contributed by atoms with van der Waals surface area (Å²) in [6, 6.07) is 3.42. The molecular formula is C13H16Cl2O3S. The SMILES string of the molecule is CCCC(C)(Sc1ccc(OC)c(Cl)c1Cl)C(=O)O. The summed E-state index contributed by atoms with van der Waals surface area (Å²) < 4.78 is 4.14. The van der Waals surface area contributed by atoms with E-state index >= 15 is 0 Å². The molecule has 0 aliphatic rings. The van der Waals surface area contributed by atoms with E-state index in [0.29, 0.717) is 27.1 Å². The predicted octanol–water partition coefficient (Wildman–Crippen LogP) is 4.74. The fourth-order valence-corrected chi connectivity index (χ4v) is 3.45. The zero-order chi connectivity index (χ0) is 14.6. The highest BCUT2D eigenvalue weighted by Gasteiger charge is 2.34. The number of benzene rings is 1. The van der Waals surface area contributed by atoms with Gasteiger partial charge in [-0.1, -0.05) is 36.5 Å².